The van der Waals surface area contributed by atoms with Crippen molar-refractivity contribution in [2.75, 3.05) is 7.05 Å². The van der Waals surface area contributed by atoms with Crippen LogP contribution in [0.15, 0.2) is 4.42 Å². The van der Waals surface area contributed by atoms with Gasteiger partial charge < -0.3 is 9.73 Å². The molecule has 1 fully saturated rings. The van der Waals surface area contributed by atoms with Crippen LogP contribution < -0.4 is 5.32 Å². The molecule has 1 saturated carbocycles. The number of rotatable bonds is 3. The van der Waals surface area contributed by atoms with Gasteiger partial charge >= 0.3 is 0 Å². The Balaban J connectivity index is 2.18. The van der Waals surface area contributed by atoms with E-state index in [9.17, 15) is 0 Å². The quantitative estimate of drug-likeness (QED) is 0.878. The summed E-state index contributed by atoms with van der Waals surface area (Å²) in [5.41, 5.74) is 0.283. The van der Waals surface area contributed by atoms with Crippen LogP contribution >= 0.6 is 0 Å². The molecular weight excluding hydrogens is 214 g/mol. The second-order valence-corrected chi connectivity index (χ2v) is 5.78. The van der Waals surface area contributed by atoms with Crippen molar-refractivity contribution in [3.05, 3.63) is 11.8 Å². The normalized spacial score (nSPS) is 25.8. The van der Waals surface area contributed by atoms with Gasteiger partial charge in [0, 0.05) is 5.92 Å². The van der Waals surface area contributed by atoms with E-state index in [1.54, 1.807) is 0 Å². The van der Waals surface area contributed by atoms with E-state index in [0.717, 1.165) is 5.89 Å². The van der Waals surface area contributed by atoms with Crippen LogP contribution in [0, 0.1) is 5.41 Å². The topological polar surface area (TPSA) is 51.0 Å². The summed E-state index contributed by atoms with van der Waals surface area (Å²) in [7, 11) is 1.90. The summed E-state index contributed by atoms with van der Waals surface area (Å²) in [5.74, 6) is 1.94. The number of hydrogen-bond donors (Lipinski definition) is 1. The van der Waals surface area contributed by atoms with Gasteiger partial charge in [-0.15, -0.1) is 10.2 Å². The lowest BCUT2D eigenvalue weighted by Gasteiger charge is -2.36. The molecule has 1 heterocycles. The maximum Gasteiger partial charge on any atom is 0.233 e. The Morgan fingerprint density at radius 3 is 2.76 bits per heavy atom. The average molecular weight is 237 g/mol. The fraction of sp³-hybridized carbons (Fsp3) is 0.846. The molecule has 2 unspecified atom stereocenters. The third-order valence-electron chi connectivity index (χ3n) is 4.07. The third kappa shape index (κ3) is 2.51. The van der Waals surface area contributed by atoms with Crippen LogP contribution in [0.5, 0.6) is 0 Å². The van der Waals surface area contributed by atoms with Crippen LogP contribution in [0.2, 0.25) is 0 Å². The highest BCUT2D eigenvalue weighted by molar-refractivity contribution is 5.02. The van der Waals surface area contributed by atoms with Crippen molar-refractivity contribution in [1.29, 1.82) is 0 Å². The molecule has 4 heteroatoms. The van der Waals surface area contributed by atoms with Crippen molar-refractivity contribution in [3.8, 4) is 0 Å². The summed E-state index contributed by atoms with van der Waals surface area (Å²) < 4.78 is 5.83. The van der Waals surface area contributed by atoms with Crippen LogP contribution in [-0.4, -0.2) is 17.2 Å². The Morgan fingerprint density at radius 1 is 1.35 bits per heavy atom. The lowest BCUT2D eigenvalue weighted by Crippen LogP contribution is -2.26. The van der Waals surface area contributed by atoms with E-state index in [1.165, 1.54) is 25.7 Å². The van der Waals surface area contributed by atoms with Crippen LogP contribution in [0.4, 0.5) is 0 Å². The monoisotopic (exact) mass is 237 g/mol. The lowest BCUT2D eigenvalue weighted by atomic mass is 9.69. The van der Waals surface area contributed by atoms with Crippen molar-refractivity contribution in [2.24, 2.45) is 5.41 Å². The maximum atomic E-state index is 5.83. The predicted octanol–water partition coefficient (Wildman–Crippen LogP) is 3.03. The Hall–Kier alpha value is -0.900. The Morgan fingerprint density at radius 2 is 2.12 bits per heavy atom. The fourth-order valence-corrected chi connectivity index (χ4v) is 2.64. The van der Waals surface area contributed by atoms with Gasteiger partial charge in [0.1, 0.15) is 0 Å². The highest BCUT2D eigenvalue weighted by Crippen LogP contribution is 2.46. The molecule has 2 atom stereocenters. The maximum absolute atomic E-state index is 5.83. The molecule has 1 aromatic rings. The first kappa shape index (κ1) is 12.6. The number of nitrogens with one attached hydrogen (secondary N) is 1. The van der Waals surface area contributed by atoms with Gasteiger partial charge in [-0.05, 0) is 32.2 Å². The van der Waals surface area contributed by atoms with Crippen LogP contribution in [-0.2, 0) is 0 Å². The van der Waals surface area contributed by atoms with Gasteiger partial charge in [0.05, 0.1) is 6.04 Å². The van der Waals surface area contributed by atoms with E-state index in [-0.39, 0.29) is 11.5 Å². The van der Waals surface area contributed by atoms with E-state index in [1.807, 2.05) is 14.0 Å². The summed E-state index contributed by atoms with van der Waals surface area (Å²) in [5, 5.41) is 11.5. The van der Waals surface area contributed by atoms with Crippen molar-refractivity contribution < 1.29 is 4.42 Å². The van der Waals surface area contributed by atoms with Gasteiger partial charge in [-0.25, -0.2) is 0 Å². The minimum atomic E-state index is 0.128. The molecular formula is C13H23N3O. The molecule has 17 heavy (non-hydrogen) atoms. The molecule has 0 aromatic carbocycles. The minimum absolute atomic E-state index is 0.128. The summed E-state index contributed by atoms with van der Waals surface area (Å²) in [6.45, 7) is 6.65. The first-order valence-electron chi connectivity index (χ1n) is 6.55. The zero-order chi connectivity index (χ0) is 12.5. The number of nitrogens with zero attached hydrogens (tertiary/aromatic N) is 2. The van der Waals surface area contributed by atoms with E-state index in [0.29, 0.717) is 11.8 Å². The number of hydrogen-bond acceptors (Lipinski definition) is 4. The molecule has 0 spiro atoms. The second-order valence-electron chi connectivity index (χ2n) is 5.78. The Kier molecular flexibility index (Phi) is 3.52. The van der Waals surface area contributed by atoms with Gasteiger partial charge in [0.15, 0.2) is 0 Å². The zero-order valence-corrected chi connectivity index (χ0v) is 11.3. The third-order valence-corrected chi connectivity index (χ3v) is 4.07. The Labute approximate surface area is 103 Å². The molecule has 0 aliphatic heterocycles. The largest absolute Gasteiger partial charge is 0.423 e. The van der Waals surface area contributed by atoms with Crippen molar-refractivity contribution in [1.82, 2.24) is 15.5 Å². The smallest absolute Gasteiger partial charge is 0.233 e. The summed E-state index contributed by atoms with van der Waals surface area (Å²) in [4.78, 5) is 0. The standard InChI is InChI=1S/C13H23N3O/c1-9(14-4)11-15-16-12(17-11)10-7-5-6-8-13(10,2)3/h9-10,14H,5-8H2,1-4H3. The molecule has 1 aliphatic carbocycles. The molecule has 96 valence electrons. The van der Waals surface area contributed by atoms with E-state index < -0.39 is 0 Å². The predicted molar refractivity (Wildman–Crippen MR) is 66.8 cm³/mol. The summed E-state index contributed by atoms with van der Waals surface area (Å²) in [6, 6.07) is 0.128. The first-order chi connectivity index (χ1) is 8.04. The van der Waals surface area contributed by atoms with Crippen LogP contribution in [0.1, 0.15) is 70.2 Å². The highest BCUT2D eigenvalue weighted by atomic mass is 16.4. The average Bonchev–Trinajstić information content (AvgIpc) is 2.76. The van der Waals surface area contributed by atoms with Gasteiger partial charge in [0.25, 0.3) is 0 Å². The second kappa shape index (κ2) is 4.77. The molecule has 2 rings (SSSR count). The highest BCUT2D eigenvalue weighted by Gasteiger charge is 2.37. The SMILES string of the molecule is CNC(C)c1nnc(C2CCCCC2(C)C)o1. The van der Waals surface area contributed by atoms with Gasteiger partial charge in [-0.3, -0.25) is 0 Å². The van der Waals surface area contributed by atoms with E-state index in [4.69, 9.17) is 4.42 Å². The van der Waals surface area contributed by atoms with Crippen molar-refractivity contribution in [2.45, 2.75) is 58.4 Å². The van der Waals surface area contributed by atoms with Gasteiger partial charge in [-0.1, -0.05) is 26.7 Å². The zero-order valence-electron chi connectivity index (χ0n) is 11.3. The van der Waals surface area contributed by atoms with E-state index >= 15 is 0 Å². The van der Waals surface area contributed by atoms with Crippen LogP contribution in [0.25, 0.3) is 0 Å². The molecule has 1 N–H and O–H groups in total. The Bertz CT molecular complexity index is 372. The molecule has 1 aromatic heterocycles. The molecule has 0 amide bonds. The molecule has 0 radical (unpaired) electrons. The first-order valence-corrected chi connectivity index (χ1v) is 6.55. The summed E-state index contributed by atoms with van der Waals surface area (Å²) >= 11 is 0. The molecule has 0 saturated heterocycles. The summed E-state index contributed by atoms with van der Waals surface area (Å²) in [6.07, 6.45) is 5.00. The molecule has 4 nitrogen and oxygen atoms in total. The molecule has 1 aliphatic rings. The fourth-order valence-electron chi connectivity index (χ4n) is 2.64. The van der Waals surface area contributed by atoms with E-state index in [2.05, 4.69) is 29.4 Å². The molecule has 0 bridgehead atoms. The van der Waals surface area contributed by atoms with Crippen molar-refractivity contribution in [3.63, 3.8) is 0 Å². The van der Waals surface area contributed by atoms with Gasteiger partial charge in [-0.2, -0.15) is 0 Å². The number of aromatic nitrogens is 2. The van der Waals surface area contributed by atoms with Crippen LogP contribution in [0.3, 0.4) is 0 Å². The minimum Gasteiger partial charge on any atom is -0.423 e. The lowest BCUT2D eigenvalue weighted by molar-refractivity contribution is 0.170. The van der Waals surface area contributed by atoms with Crippen molar-refractivity contribution >= 4 is 0 Å². The van der Waals surface area contributed by atoms with Gasteiger partial charge in [0.2, 0.25) is 11.8 Å².